The van der Waals surface area contributed by atoms with E-state index in [1.54, 1.807) is 4.90 Å². The maximum absolute atomic E-state index is 12.1. The van der Waals surface area contributed by atoms with Gasteiger partial charge in [0.2, 0.25) is 0 Å². The smallest absolute Gasteiger partial charge is 0.251 e. The Hall–Kier alpha value is -1.41. The van der Waals surface area contributed by atoms with Gasteiger partial charge in [-0.25, -0.2) is 13.8 Å². The molecule has 0 aromatic carbocycles. The summed E-state index contributed by atoms with van der Waals surface area (Å²) in [5, 5.41) is 0. The zero-order valence-electron chi connectivity index (χ0n) is 11.1. The zero-order chi connectivity index (χ0) is 13.5. The topological polar surface area (TPSA) is 31.9 Å². The second kappa shape index (κ2) is 7.12. The van der Waals surface area contributed by atoms with Crippen LogP contribution in [0.2, 0.25) is 0 Å². The highest BCUT2D eigenvalue weighted by Gasteiger charge is 2.21. The van der Waals surface area contributed by atoms with E-state index >= 15 is 0 Å². The van der Waals surface area contributed by atoms with Crippen LogP contribution in [0.25, 0.3) is 0 Å². The highest BCUT2D eigenvalue weighted by atomic mass is 19.3. The Morgan fingerprint density at radius 1 is 1.39 bits per heavy atom. The molecule has 2 heterocycles. The molecule has 18 heavy (non-hydrogen) atoms. The van der Waals surface area contributed by atoms with Crippen molar-refractivity contribution in [3.63, 3.8) is 0 Å². The molecule has 2 rings (SSSR count). The number of halogens is 2. The van der Waals surface area contributed by atoms with E-state index in [0.29, 0.717) is 13.1 Å². The minimum Gasteiger partial charge on any atom is -0.345 e. The Morgan fingerprint density at radius 2 is 2.06 bits per heavy atom. The molecule has 0 atom stereocenters. The van der Waals surface area contributed by atoms with Gasteiger partial charge in [0.15, 0.2) is 0 Å². The number of alkyl halides is 2. The van der Waals surface area contributed by atoms with E-state index in [4.69, 9.17) is 0 Å². The third-order valence-electron chi connectivity index (χ3n) is 2.68. The van der Waals surface area contributed by atoms with Crippen LogP contribution in [0.15, 0.2) is 0 Å². The summed E-state index contributed by atoms with van der Waals surface area (Å²) >= 11 is 0. The number of aromatic amines is 1. The lowest BCUT2D eigenvalue weighted by atomic mass is 10.1. The van der Waals surface area contributed by atoms with Gasteiger partial charge in [-0.15, -0.1) is 11.8 Å². The molecule has 3 nitrogen and oxygen atoms in total. The molecule has 100 valence electrons. The van der Waals surface area contributed by atoms with Crippen LogP contribution in [-0.2, 0) is 13.0 Å². The van der Waals surface area contributed by atoms with Crippen LogP contribution in [0.1, 0.15) is 31.1 Å². The molecule has 0 radical (unpaired) electrons. The van der Waals surface area contributed by atoms with Gasteiger partial charge in [0.25, 0.3) is 6.43 Å². The Labute approximate surface area is 107 Å². The molecule has 1 N–H and O–H groups in total. The molecule has 0 unspecified atom stereocenters. The van der Waals surface area contributed by atoms with E-state index < -0.39 is 6.43 Å². The lowest BCUT2D eigenvalue weighted by Crippen LogP contribution is -2.34. The van der Waals surface area contributed by atoms with E-state index in [-0.39, 0.29) is 6.54 Å². The molecule has 0 amide bonds. The Balaban J connectivity index is 0.000000357. The van der Waals surface area contributed by atoms with E-state index in [0.717, 1.165) is 23.6 Å². The largest absolute Gasteiger partial charge is 0.345 e. The van der Waals surface area contributed by atoms with E-state index in [9.17, 15) is 8.78 Å². The number of aromatic nitrogens is 2. The molecule has 5 heteroatoms. The molecule has 1 aromatic heterocycles. The van der Waals surface area contributed by atoms with Crippen LogP contribution in [0.5, 0.6) is 0 Å². The minimum absolute atomic E-state index is 0.141. The quantitative estimate of drug-likeness (QED) is 0.823. The second-order valence-corrected chi connectivity index (χ2v) is 4.12. The van der Waals surface area contributed by atoms with Crippen LogP contribution in [0, 0.1) is 18.8 Å². The Morgan fingerprint density at radius 3 is 2.61 bits per heavy atom. The Bertz CT molecular complexity index is 423. The third-order valence-corrected chi connectivity index (χ3v) is 2.68. The monoisotopic (exact) mass is 255 g/mol. The molecule has 1 aliphatic rings. The Kier molecular flexibility index (Phi) is 5.79. The summed E-state index contributed by atoms with van der Waals surface area (Å²) in [7, 11) is 0. The number of imidazole rings is 1. The van der Waals surface area contributed by atoms with Crippen LogP contribution < -0.4 is 0 Å². The van der Waals surface area contributed by atoms with Crippen molar-refractivity contribution in [1.29, 1.82) is 0 Å². The van der Waals surface area contributed by atoms with Gasteiger partial charge < -0.3 is 4.98 Å². The van der Waals surface area contributed by atoms with Gasteiger partial charge in [0.1, 0.15) is 5.82 Å². The van der Waals surface area contributed by atoms with Crippen molar-refractivity contribution in [1.82, 2.24) is 14.9 Å². The van der Waals surface area contributed by atoms with E-state index in [2.05, 4.69) is 21.8 Å². The average Bonchev–Trinajstić information content (AvgIpc) is 2.68. The van der Waals surface area contributed by atoms with Gasteiger partial charge in [0.05, 0.1) is 17.9 Å². The van der Waals surface area contributed by atoms with Crippen molar-refractivity contribution >= 4 is 0 Å². The maximum atomic E-state index is 12.1. The third kappa shape index (κ3) is 4.46. The molecule has 0 bridgehead atoms. The summed E-state index contributed by atoms with van der Waals surface area (Å²) in [6.45, 7) is 6.63. The zero-order valence-corrected chi connectivity index (χ0v) is 11.1. The number of aryl methyl sites for hydroxylation is 1. The van der Waals surface area contributed by atoms with Gasteiger partial charge in [-0.3, -0.25) is 4.90 Å². The second-order valence-electron chi connectivity index (χ2n) is 4.12. The van der Waals surface area contributed by atoms with Gasteiger partial charge in [-0.05, 0) is 20.8 Å². The molecule has 0 spiro atoms. The summed E-state index contributed by atoms with van der Waals surface area (Å²) in [5.74, 6) is 6.23. The number of rotatable bonds is 2. The summed E-state index contributed by atoms with van der Waals surface area (Å²) in [6.07, 6.45) is -1.48. The van der Waals surface area contributed by atoms with Gasteiger partial charge in [-0.2, -0.15) is 0 Å². The first-order chi connectivity index (χ1) is 8.56. The highest BCUT2D eigenvalue weighted by molar-refractivity contribution is 5.17. The number of fused-ring (bicyclic) bond motifs is 1. The molecule has 0 aliphatic carbocycles. The molecule has 0 fully saturated rings. The van der Waals surface area contributed by atoms with E-state index in [1.807, 2.05) is 20.8 Å². The number of nitrogens with zero attached hydrogens (tertiary/aromatic N) is 2. The molecule has 1 aromatic rings. The maximum Gasteiger partial charge on any atom is 0.251 e. The molecule has 0 saturated heterocycles. The van der Waals surface area contributed by atoms with Crippen molar-refractivity contribution in [2.24, 2.45) is 0 Å². The first kappa shape index (κ1) is 14.7. The number of nitrogens with one attached hydrogen (secondary N) is 1. The van der Waals surface area contributed by atoms with Crippen LogP contribution in [0.3, 0.4) is 0 Å². The number of H-pyrrole nitrogens is 1. The number of hydrogen-bond donors (Lipinski definition) is 1. The van der Waals surface area contributed by atoms with Crippen molar-refractivity contribution < 1.29 is 8.78 Å². The predicted molar refractivity (Wildman–Crippen MR) is 67.4 cm³/mol. The summed E-state index contributed by atoms with van der Waals surface area (Å²) in [4.78, 5) is 9.15. The summed E-state index contributed by atoms with van der Waals surface area (Å²) < 4.78 is 24.3. The highest BCUT2D eigenvalue weighted by Crippen LogP contribution is 2.16. The predicted octanol–water partition coefficient (Wildman–Crippen LogP) is 2.37. The molecular weight excluding hydrogens is 236 g/mol. The molecule has 1 aliphatic heterocycles. The molecular formula is C13H19F2N3. The summed E-state index contributed by atoms with van der Waals surface area (Å²) in [5.41, 5.74) is 2.03. The van der Waals surface area contributed by atoms with Gasteiger partial charge in [-0.1, -0.05) is 0 Å². The van der Waals surface area contributed by atoms with Crippen molar-refractivity contribution in [2.75, 3.05) is 13.1 Å². The first-order valence-electron chi connectivity index (χ1n) is 5.95. The fourth-order valence-corrected chi connectivity index (χ4v) is 1.84. The fraction of sp³-hybridized carbons (Fsp3) is 0.615. The lowest BCUT2D eigenvalue weighted by Gasteiger charge is -2.25. The van der Waals surface area contributed by atoms with Crippen LogP contribution in [0.4, 0.5) is 8.78 Å². The first-order valence-corrected chi connectivity index (χ1v) is 5.95. The van der Waals surface area contributed by atoms with Crippen molar-refractivity contribution in [2.45, 2.75) is 40.2 Å². The fourth-order valence-electron chi connectivity index (χ4n) is 1.84. The normalized spacial score (nSPS) is 14.3. The SMILES string of the molecule is CC#CC.Cc1nc2c([nH]1)CN(CC(F)F)CC2. The van der Waals surface area contributed by atoms with Crippen LogP contribution in [-0.4, -0.2) is 34.4 Å². The summed E-state index contributed by atoms with van der Waals surface area (Å²) in [6, 6.07) is 0. The molecule has 0 saturated carbocycles. The number of hydrogen-bond acceptors (Lipinski definition) is 2. The average molecular weight is 255 g/mol. The van der Waals surface area contributed by atoms with Gasteiger partial charge in [0, 0.05) is 19.5 Å². The van der Waals surface area contributed by atoms with Crippen molar-refractivity contribution in [3.8, 4) is 11.8 Å². The minimum atomic E-state index is -2.25. The van der Waals surface area contributed by atoms with Crippen LogP contribution >= 0.6 is 0 Å². The lowest BCUT2D eigenvalue weighted by molar-refractivity contribution is 0.0812. The standard InChI is InChI=1S/C9H13F2N3.C4H6/c1-6-12-7-2-3-14(5-9(10)11)4-8(7)13-6;1-3-4-2/h9H,2-5H2,1H3,(H,12,13);1-2H3. The van der Waals surface area contributed by atoms with Gasteiger partial charge >= 0.3 is 0 Å². The van der Waals surface area contributed by atoms with E-state index in [1.165, 1.54) is 0 Å². The van der Waals surface area contributed by atoms with Crippen molar-refractivity contribution in [3.05, 3.63) is 17.2 Å².